The predicted molar refractivity (Wildman–Crippen MR) is 303 cm³/mol. The number of unbranched alkanes of at least 4 members (excludes halogenated alkanes) is 2. The number of nitrogens with zero attached hydrogens (tertiary/aromatic N) is 2. The van der Waals surface area contributed by atoms with Gasteiger partial charge in [-0.1, -0.05) is 36.4 Å². The number of hydrogen-bond donors (Lipinski definition) is 2. The number of nitrogens with two attached hydrogens (primary N) is 1. The van der Waals surface area contributed by atoms with Crippen molar-refractivity contribution in [3.8, 4) is 0 Å². The molecule has 0 radical (unpaired) electrons. The standard InChI is InChI=1S/C54H70N4O21S5/c1-53(21-13-33-80(60,61)62)48(58(24-26-75-3)45-37-47(84(72,73)74)40-18-17-38(81(63,64)65)34-42(40)52(45)53)14-9-6-5-7-10-15-49-54(2,22-25-77-29-30-79-32-31-78-28-27-76-4)51-43-35-39(82(66,67)68)36-46(83(69,70)71)41(43)19-20-44(51)57(49)23-12-8-11-16-50(59)56-55/h5-7,9-10,14-15,17-20,34-37H,8,11-13,16,21-33,55H2,1-4H3,(H5-,56,59,60,61,62,63,64,65,66,67,68,69,70,71,72,73,74)/p-4. The lowest BCUT2D eigenvalue weighted by atomic mass is 9.75. The molecule has 84 heavy (non-hydrogen) atoms. The van der Waals surface area contributed by atoms with E-state index in [4.69, 9.17) is 29.5 Å². The summed E-state index contributed by atoms with van der Waals surface area (Å²) >= 11 is 0. The van der Waals surface area contributed by atoms with E-state index < -0.39 is 86.8 Å². The highest BCUT2D eigenvalue weighted by Crippen LogP contribution is 2.55. The Labute approximate surface area is 489 Å². The van der Waals surface area contributed by atoms with Crippen LogP contribution in [0.25, 0.3) is 21.5 Å². The number of fused-ring (bicyclic) bond motifs is 6. The summed E-state index contributed by atoms with van der Waals surface area (Å²) in [6.45, 7) is 5.65. The van der Waals surface area contributed by atoms with Crippen molar-refractivity contribution in [2.24, 2.45) is 5.84 Å². The molecule has 25 nitrogen and oxygen atoms in total. The largest absolute Gasteiger partial charge is 0.748 e. The number of nitrogens with one attached hydrogen (secondary N) is 1. The zero-order valence-corrected chi connectivity index (χ0v) is 50.6. The first-order chi connectivity index (χ1) is 39.4. The van der Waals surface area contributed by atoms with E-state index in [9.17, 15) is 69.6 Å². The maximum Gasteiger partial charge on any atom is 0.233 e. The summed E-state index contributed by atoms with van der Waals surface area (Å²) in [5.41, 5.74) is 1.83. The van der Waals surface area contributed by atoms with Crippen LogP contribution in [0.1, 0.15) is 69.9 Å². The smallest absolute Gasteiger partial charge is 0.233 e. The third-order valence-corrected chi connectivity index (χ3v) is 18.7. The molecule has 462 valence electrons. The van der Waals surface area contributed by atoms with Gasteiger partial charge < -0.3 is 51.3 Å². The highest BCUT2D eigenvalue weighted by atomic mass is 32.2. The molecular formula is C54H66N4O21S5-4. The Morgan fingerprint density at radius 2 is 1.15 bits per heavy atom. The van der Waals surface area contributed by atoms with Crippen LogP contribution < -0.4 is 16.2 Å². The Bertz CT molecular complexity index is 3850. The first-order valence-corrected chi connectivity index (χ1v) is 33.5. The maximum absolute atomic E-state index is 12.8. The molecule has 4 aromatic rings. The van der Waals surface area contributed by atoms with Gasteiger partial charge >= 0.3 is 0 Å². The number of hydrazine groups is 1. The van der Waals surface area contributed by atoms with E-state index in [-0.39, 0.29) is 104 Å². The Morgan fingerprint density at radius 1 is 0.595 bits per heavy atom. The van der Waals surface area contributed by atoms with Gasteiger partial charge in [0.2, 0.25) is 11.6 Å². The number of rotatable bonds is 33. The number of hydrogen-bond acceptors (Lipinski definition) is 23. The first kappa shape index (κ1) is 67.7. The number of benzene rings is 4. The Balaban J connectivity index is 1.45. The molecule has 6 rings (SSSR count). The lowest BCUT2D eigenvalue weighted by molar-refractivity contribution is -0.438. The second-order valence-corrected chi connectivity index (χ2v) is 27.1. The fraction of sp³-hybridized carbons (Fsp3) is 0.444. The fourth-order valence-corrected chi connectivity index (χ4v) is 13.7. The molecule has 4 aromatic carbocycles. The summed E-state index contributed by atoms with van der Waals surface area (Å²) in [6, 6.07) is 8.58. The second-order valence-electron chi connectivity index (χ2n) is 20.1. The number of methoxy groups -OCH3 is 2. The summed E-state index contributed by atoms with van der Waals surface area (Å²) in [7, 11) is -22.9. The maximum atomic E-state index is 12.8. The second kappa shape index (κ2) is 28.4. The highest BCUT2D eigenvalue weighted by Gasteiger charge is 2.49. The molecule has 0 aromatic heterocycles. The molecular weight excluding hydrogens is 1200 g/mol. The summed E-state index contributed by atoms with van der Waals surface area (Å²) in [4.78, 5) is 10.3. The summed E-state index contributed by atoms with van der Waals surface area (Å²) in [5.74, 6) is 4.13. The van der Waals surface area contributed by atoms with Gasteiger partial charge in [-0.2, -0.15) is 4.58 Å². The Kier molecular flexibility index (Phi) is 22.9. The van der Waals surface area contributed by atoms with Crippen LogP contribution in [0.3, 0.4) is 0 Å². The van der Waals surface area contributed by atoms with Crippen molar-refractivity contribution in [1.29, 1.82) is 0 Å². The van der Waals surface area contributed by atoms with Gasteiger partial charge in [0, 0.05) is 85.9 Å². The molecule has 0 fully saturated rings. The molecule has 0 aliphatic carbocycles. The van der Waals surface area contributed by atoms with E-state index in [1.807, 2.05) is 11.5 Å². The van der Waals surface area contributed by atoms with Crippen molar-refractivity contribution in [2.45, 2.75) is 89.2 Å². The fourth-order valence-electron chi connectivity index (χ4n) is 10.7. The molecule has 0 saturated heterocycles. The van der Waals surface area contributed by atoms with Gasteiger partial charge in [0.25, 0.3) is 0 Å². The van der Waals surface area contributed by atoms with Gasteiger partial charge in [-0.05, 0) is 110 Å². The Morgan fingerprint density at radius 3 is 1.75 bits per heavy atom. The van der Waals surface area contributed by atoms with Crippen LogP contribution >= 0.6 is 0 Å². The number of carbonyl (C=O) groups is 1. The van der Waals surface area contributed by atoms with E-state index in [1.165, 1.54) is 13.2 Å². The number of carbonyl (C=O) groups excluding carboxylic acids is 1. The predicted octanol–water partition coefficient (Wildman–Crippen LogP) is 3.90. The zero-order chi connectivity index (χ0) is 61.9. The van der Waals surface area contributed by atoms with Gasteiger partial charge in [0.1, 0.15) is 47.0 Å². The van der Waals surface area contributed by atoms with Crippen molar-refractivity contribution < 1.29 is 97.9 Å². The van der Waals surface area contributed by atoms with Crippen LogP contribution in [0.15, 0.2) is 116 Å². The molecule has 0 bridgehead atoms. The molecule has 2 aliphatic rings. The van der Waals surface area contributed by atoms with E-state index in [2.05, 4.69) is 5.43 Å². The van der Waals surface area contributed by atoms with Gasteiger partial charge in [0.05, 0.1) is 81.4 Å². The average Bonchev–Trinajstić information content (AvgIpc) is 1.55. The SMILES string of the molecule is COCCOCCOCCOCCC1(C)C(C=CC=CC=CC=C2N(CCOC)c3cc(S(=O)(=O)[O-])c4ccc(S(=O)(=O)[O-])cc4c3C2(C)CCCS(=O)(=O)[O-])=[N+](CCCCCC(=O)NN)c2ccc3c(S(=O)(=O)[O-])cc(S(=O)(=O)[O-])cc3c21. The quantitative estimate of drug-likeness (QED) is 0.0130. The van der Waals surface area contributed by atoms with Gasteiger partial charge in [0.15, 0.2) is 5.71 Å². The third-order valence-electron chi connectivity index (χ3n) is 14.5. The highest BCUT2D eigenvalue weighted by molar-refractivity contribution is 7.87. The number of amides is 1. The topological polar surface area (TPSA) is 394 Å². The lowest BCUT2D eigenvalue weighted by Gasteiger charge is -2.31. The minimum Gasteiger partial charge on any atom is -0.748 e. The minimum absolute atomic E-state index is 0.0150. The minimum atomic E-state index is -5.36. The normalized spacial score (nSPS) is 18.5. The molecule has 30 heteroatoms. The molecule has 2 unspecified atom stereocenters. The Hall–Kier alpha value is -5.39. The number of allylic oxidation sites excluding steroid dienone is 8. The van der Waals surface area contributed by atoms with E-state index >= 15 is 0 Å². The monoisotopic (exact) mass is 1270 g/mol. The third kappa shape index (κ3) is 16.6. The molecule has 2 heterocycles. The van der Waals surface area contributed by atoms with Gasteiger partial charge in [-0.25, -0.2) is 47.9 Å². The first-order valence-electron chi connectivity index (χ1n) is 26.3. The lowest BCUT2D eigenvalue weighted by Crippen LogP contribution is -2.33. The average molecular weight is 1270 g/mol. The number of ether oxygens (including phenoxy) is 5. The van der Waals surface area contributed by atoms with E-state index in [0.29, 0.717) is 74.4 Å². The van der Waals surface area contributed by atoms with E-state index in [1.54, 1.807) is 67.5 Å². The van der Waals surface area contributed by atoms with Crippen molar-refractivity contribution in [3.63, 3.8) is 0 Å². The van der Waals surface area contributed by atoms with Crippen LogP contribution in [-0.4, -0.2) is 167 Å². The molecule has 0 saturated carbocycles. The molecule has 1 amide bonds. The van der Waals surface area contributed by atoms with Crippen LogP contribution in [0.2, 0.25) is 0 Å². The number of anilines is 1. The summed E-state index contributed by atoms with van der Waals surface area (Å²) < 4.78 is 217. The van der Waals surface area contributed by atoms with Crippen molar-refractivity contribution >= 4 is 95.1 Å². The molecule has 2 aliphatic heterocycles. The molecule has 0 spiro atoms. The van der Waals surface area contributed by atoms with E-state index in [0.717, 1.165) is 30.3 Å². The molecule has 3 N–H and O–H groups in total. The zero-order valence-electron chi connectivity index (χ0n) is 46.5. The van der Waals surface area contributed by atoms with Crippen molar-refractivity contribution in [2.75, 3.05) is 90.8 Å². The van der Waals surface area contributed by atoms with Crippen LogP contribution in [0.5, 0.6) is 0 Å². The van der Waals surface area contributed by atoms with Gasteiger partial charge in [-0.3, -0.25) is 10.2 Å². The summed E-state index contributed by atoms with van der Waals surface area (Å²) in [5, 5.41) is -0.395. The van der Waals surface area contributed by atoms with Crippen LogP contribution in [-0.2, 0) is 89.9 Å². The van der Waals surface area contributed by atoms with Gasteiger partial charge in [-0.15, -0.1) is 0 Å². The van der Waals surface area contributed by atoms with Crippen LogP contribution in [0, 0.1) is 0 Å². The molecule has 2 atom stereocenters. The van der Waals surface area contributed by atoms with Crippen molar-refractivity contribution in [3.05, 3.63) is 108 Å². The van der Waals surface area contributed by atoms with Crippen molar-refractivity contribution in [1.82, 2.24) is 5.43 Å². The summed E-state index contributed by atoms with van der Waals surface area (Å²) in [6.07, 6.45) is 13.1. The van der Waals surface area contributed by atoms with Crippen LogP contribution in [0.4, 0.5) is 11.4 Å².